The molecule has 1 fully saturated rings. The maximum absolute atomic E-state index is 11.8. The second-order valence-electron chi connectivity index (χ2n) is 6.36. The van der Waals surface area contributed by atoms with E-state index in [2.05, 4.69) is 11.6 Å². The summed E-state index contributed by atoms with van der Waals surface area (Å²) in [6.07, 6.45) is 6.94. The molecular weight excluding hydrogens is 274 g/mol. The van der Waals surface area contributed by atoms with Gasteiger partial charge in [0.1, 0.15) is 5.60 Å². The average Bonchev–Trinajstić information content (AvgIpc) is 2.35. The van der Waals surface area contributed by atoms with Crippen molar-refractivity contribution in [1.82, 2.24) is 5.32 Å². The minimum Gasteiger partial charge on any atom is -0.460 e. The molecule has 20 heavy (non-hydrogen) atoms. The fourth-order valence-electron chi connectivity index (χ4n) is 2.35. The number of amides is 1. The summed E-state index contributed by atoms with van der Waals surface area (Å²) >= 11 is 1.91. The predicted molar refractivity (Wildman–Crippen MR) is 82.8 cm³/mol. The van der Waals surface area contributed by atoms with Crippen molar-refractivity contribution in [2.24, 2.45) is 0 Å². The summed E-state index contributed by atoms with van der Waals surface area (Å²) in [7, 11) is 0. The molecule has 0 saturated heterocycles. The summed E-state index contributed by atoms with van der Waals surface area (Å²) in [5.74, 6) is -0.345. The first kappa shape index (κ1) is 17.3. The van der Waals surface area contributed by atoms with Crippen molar-refractivity contribution in [2.75, 3.05) is 6.26 Å². The van der Waals surface area contributed by atoms with Crippen molar-refractivity contribution in [1.29, 1.82) is 0 Å². The summed E-state index contributed by atoms with van der Waals surface area (Å²) in [5.41, 5.74) is -0.482. The van der Waals surface area contributed by atoms with Crippen molar-refractivity contribution in [3.05, 3.63) is 0 Å². The van der Waals surface area contributed by atoms with E-state index >= 15 is 0 Å². The summed E-state index contributed by atoms with van der Waals surface area (Å²) in [6.45, 7) is 5.49. The first-order chi connectivity index (χ1) is 9.30. The van der Waals surface area contributed by atoms with Gasteiger partial charge in [-0.05, 0) is 52.7 Å². The van der Waals surface area contributed by atoms with E-state index in [4.69, 9.17) is 4.74 Å². The van der Waals surface area contributed by atoms with E-state index in [9.17, 15) is 9.59 Å². The Morgan fingerprint density at radius 3 is 2.25 bits per heavy atom. The Balaban J connectivity index is 2.19. The number of carbonyl (C=O) groups excluding carboxylic acids is 2. The van der Waals surface area contributed by atoms with E-state index in [0.29, 0.717) is 0 Å². The van der Waals surface area contributed by atoms with Crippen LogP contribution in [0.25, 0.3) is 0 Å². The molecule has 0 aromatic heterocycles. The highest BCUT2D eigenvalue weighted by Gasteiger charge is 2.22. The molecule has 1 N–H and O–H groups in total. The maximum Gasteiger partial charge on any atom is 0.306 e. The molecule has 1 saturated carbocycles. The van der Waals surface area contributed by atoms with Crippen LogP contribution in [0.15, 0.2) is 0 Å². The zero-order valence-electron chi connectivity index (χ0n) is 13.0. The van der Waals surface area contributed by atoms with Crippen LogP contribution in [0, 0.1) is 0 Å². The number of rotatable bonds is 5. The van der Waals surface area contributed by atoms with Gasteiger partial charge in [-0.15, -0.1) is 0 Å². The standard InChI is InChI=1S/C15H27NO3S/c1-15(2,3)19-14(18)10-9-13(17)16-11-5-7-12(20-4)8-6-11/h11-12H,5-10H2,1-4H3,(H,16,17). The Hall–Kier alpha value is -0.710. The van der Waals surface area contributed by atoms with Gasteiger partial charge in [0.15, 0.2) is 0 Å². The third-order valence-electron chi connectivity index (χ3n) is 3.35. The lowest BCUT2D eigenvalue weighted by molar-refractivity contribution is -0.155. The first-order valence-corrected chi connectivity index (χ1v) is 8.63. The molecule has 5 heteroatoms. The normalized spacial score (nSPS) is 23.2. The van der Waals surface area contributed by atoms with Gasteiger partial charge in [-0.25, -0.2) is 0 Å². The van der Waals surface area contributed by atoms with Crippen LogP contribution < -0.4 is 5.32 Å². The molecule has 0 spiro atoms. The fraction of sp³-hybridized carbons (Fsp3) is 0.867. The molecule has 0 aromatic carbocycles. The second-order valence-corrected chi connectivity index (χ2v) is 7.50. The van der Waals surface area contributed by atoms with Gasteiger partial charge in [0.05, 0.1) is 6.42 Å². The van der Waals surface area contributed by atoms with Gasteiger partial charge < -0.3 is 10.1 Å². The number of hydrogen-bond acceptors (Lipinski definition) is 4. The minimum absolute atomic E-state index is 0.0385. The van der Waals surface area contributed by atoms with E-state index in [0.717, 1.165) is 30.9 Å². The zero-order chi connectivity index (χ0) is 15.2. The second kappa shape index (κ2) is 7.91. The van der Waals surface area contributed by atoms with Crippen molar-refractivity contribution in [3.63, 3.8) is 0 Å². The highest BCUT2D eigenvalue weighted by Crippen LogP contribution is 2.26. The minimum atomic E-state index is -0.482. The van der Waals surface area contributed by atoms with E-state index < -0.39 is 5.60 Å². The van der Waals surface area contributed by atoms with Crippen molar-refractivity contribution in [2.45, 2.75) is 76.2 Å². The zero-order valence-corrected chi connectivity index (χ0v) is 13.8. The topological polar surface area (TPSA) is 55.4 Å². The molecule has 116 valence electrons. The predicted octanol–water partition coefficient (Wildman–Crippen LogP) is 2.90. The molecule has 4 nitrogen and oxygen atoms in total. The van der Waals surface area contributed by atoms with Crippen LogP contribution in [0.1, 0.15) is 59.3 Å². The molecule has 0 unspecified atom stereocenters. The maximum atomic E-state index is 11.8. The third-order valence-corrected chi connectivity index (χ3v) is 4.49. The third kappa shape index (κ3) is 7.17. The quantitative estimate of drug-likeness (QED) is 0.793. The number of carbonyl (C=O) groups is 2. The average molecular weight is 301 g/mol. The van der Waals surface area contributed by atoms with Crippen LogP contribution in [0.4, 0.5) is 0 Å². The van der Waals surface area contributed by atoms with E-state index in [-0.39, 0.29) is 30.8 Å². The Labute approximate surface area is 126 Å². The molecule has 1 aliphatic rings. The van der Waals surface area contributed by atoms with Crippen LogP contribution in [0.5, 0.6) is 0 Å². The lowest BCUT2D eigenvalue weighted by Crippen LogP contribution is -2.38. The monoisotopic (exact) mass is 301 g/mol. The van der Waals surface area contributed by atoms with Crippen molar-refractivity contribution >= 4 is 23.6 Å². The molecule has 0 atom stereocenters. The number of nitrogens with one attached hydrogen (secondary N) is 1. The molecule has 0 aliphatic heterocycles. The Morgan fingerprint density at radius 2 is 1.75 bits per heavy atom. The van der Waals surface area contributed by atoms with Crippen LogP contribution in [-0.4, -0.2) is 35.0 Å². The molecular formula is C15H27NO3S. The van der Waals surface area contributed by atoms with Gasteiger partial charge >= 0.3 is 5.97 Å². The van der Waals surface area contributed by atoms with Crippen molar-refractivity contribution in [3.8, 4) is 0 Å². The molecule has 1 amide bonds. The molecule has 0 radical (unpaired) electrons. The van der Waals surface area contributed by atoms with Crippen LogP contribution in [0.2, 0.25) is 0 Å². The summed E-state index contributed by atoms with van der Waals surface area (Å²) < 4.78 is 5.19. The number of hydrogen-bond donors (Lipinski definition) is 1. The van der Waals surface area contributed by atoms with Gasteiger partial charge in [-0.1, -0.05) is 0 Å². The SMILES string of the molecule is CSC1CCC(NC(=O)CCC(=O)OC(C)(C)C)CC1. The van der Waals surface area contributed by atoms with Gasteiger partial charge in [0, 0.05) is 17.7 Å². The van der Waals surface area contributed by atoms with Crippen molar-refractivity contribution < 1.29 is 14.3 Å². The van der Waals surface area contributed by atoms with Crippen LogP contribution in [-0.2, 0) is 14.3 Å². The van der Waals surface area contributed by atoms with E-state index in [1.54, 1.807) is 0 Å². The number of ether oxygens (including phenoxy) is 1. The molecule has 1 rings (SSSR count). The van der Waals surface area contributed by atoms with Gasteiger partial charge in [-0.3, -0.25) is 9.59 Å². The largest absolute Gasteiger partial charge is 0.460 e. The Kier molecular flexibility index (Phi) is 6.86. The summed E-state index contributed by atoms with van der Waals surface area (Å²) in [5, 5.41) is 3.77. The Morgan fingerprint density at radius 1 is 1.15 bits per heavy atom. The number of esters is 1. The molecule has 0 aromatic rings. The van der Waals surface area contributed by atoms with E-state index in [1.165, 1.54) is 0 Å². The van der Waals surface area contributed by atoms with E-state index in [1.807, 2.05) is 32.5 Å². The first-order valence-electron chi connectivity index (χ1n) is 7.34. The smallest absolute Gasteiger partial charge is 0.306 e. The number of thioether (sulfide) groups is 1. The lowest BCUT2D eigenvalue weighted by Gasteiger charge is -2.28. The highest BCUT2D eigenvalue weighted by atomic mass is 32.2. The highest BCUT2D eigenvalue weighted by molar-refractivity contribution is 7.99. The Bertz CT molecular complexity index is 331. The summed E-state index contributed by atoms with van der Waals surface area (Å²) in [4.78, 5) is 23.3. The van der Waals surface area contributed by atoms with Gasteiger partial charge in [0.25, 0.3) is 0 Å². The van der Waals surface area contributed by atoms with Gasteiger partial charge in [0.2, 0.25) is 5.91 Å². The molecule has 0 bridgehead atoms. The molecule has 1 aliphatic carbocycles. The molecule has 0 heterocycles. The fourth-order valence-corrected chi connectivity index (χ4v) is 3.09. The lowest BCUT2D eigenvalue weighted by atomic mass is 9.95. The van der Waals surface area contributed by atoms with Gasteiger partial charge in [-0.2, -0.15) is 11.8 Å². The van der Waals surface area contributed by atoms with Crippen LogP contribution in [0.3, 0.4) is 0 Å². The summed E-state index contributed by atoms with van der Waals surface area (Å²) in [6, 6.07) is 0.282. The van der Waals surface area contributed by atoms with Crippen LogP contribution >= 0.6 is 11.8 Å².